The average molecular weight is 515 g/mol. The number of anilines is 1. The van der Waals surface area contributed by atoms with Gasteiger partial charge in [0.05, 0.1) is 0 Å². The van der Waals surface area contributed by atoms with Gasteiger partial charge in [0.15, 0.2) is 0 Å². The van der Waals surface area contributed by atoms with Crippen LogP contribution in [0.5, 0.6) is 5.75 Å². The molecule has 1 aromatic heterocycles. The van der Waals surface area contributed by atoms with Gasteiger partial charge in [0.2, 0.25) is 5.91 Å². The fourth-order valence-electron chi connectivity index (χ4n) is 5.42. The van der Waals surface area contributed by atoms with E-state index in [1.807, 2.05) is 66.9 Å². The van der Waals surface area contributed by atoms with Gasteiger partial charge in [0.25, 0.3) is 5.56 Å². The lowest BCUT2D eigenvalue weighted by Gasteiger charge is -2.43. The number of nitrogens with zero attached hydrogens (tertiary/aromatic N) is 2. The molecular formula is C30H34N4O4. The summed E-state index contributed by atoms with van der Waals surface area (Å²) in [7, 11) is 0. The van der Waals surface area contributed by atoms with Crippen LogP contribution in [0.3, 0.4) is 0 Å². The van der Waals surface area contributed by atoms with Crippen LogP contribution in [0.1, 0.15) is 37.4 Å². The highest BCUT2D eigenvalue weighted by Gasteiger charge is 2.37. The van der Waals surface area contributed by atoms with E-state index in [2.05, 4.69) is 10.6 Å². The summed E-state index contributed by atoms with van der Waals surface area (Å²) in [4.78, 5) is 40.5. The molecule has 1 saturated heterocycles. The summed E-state index contributed by atoms with van der Waals surface area (Å²) in [6.07, 6.45) is 0.965. The first-order valence-corrected chi connectivity index (χ1v) is 13.2. The minimum Gasteiger partial charge on any atom is -0.489 e. The number of fused-ring (bicyclic) bond motifs is 4. The molecule has 2 N–H and O–H groups in total. The van der Waals surface area contributed by atoms with E-state index in [1.165, 1.54) is 0 Å². The number of aromatic nitrogens is 1. The van der Waals surface area contributed by atoms with Crippen molar-refractivity contribution in [3.8, 4) is 5.75 Å². The number of carbonyl (C=O) groups excluding carboxylic acids is 2. The fraction of sp³-hybridized carbons (Fsp3) is 0.367. The SMILES string of the molecule is CC(C)[C@H](NC(=O)N1C[C@H]2C[C@@H](C1)c1cccc(=O)n1C2)C(=O)Nc1ccc(OCc2ccccc2)cc1. The summed E-state index contributed by atoms with van der Waals surface area (Å²) >= 11 is 0. The van der Waals surface area contributed by atoms with Crippen LogP contribution in [0.25, 0.3) is 0 Å². The molecule has 0 radical (unpaired) electrons. The summed E-state index contributed by atoms with van der Waals surface area (Å²) in [6, 6.07) is 21.6. The second-order valence-electron chi connectivity index (χ2n) is 10.6. The van der Waals surface area contributed by atoms with Gasteiger partial charge in [0.1, 0.15) is 18.4 Å². The van der Waals surface area contributed by atoms with Crippen molar-refractivity contribution < 1.29 is 14.3 Å². The molecule has 2 aliphatic rings. The highest BCUT2D eigenvalue weighted by atomic mass is 16.5. The van der Waals surface area contributed by atoms with Crippen molar-refractivity contribution in [1.82, 2.24) is 14.8 Å². The third-order valence-electron chi connectivity index (χ3n) is 7.37. The van der Waals surface area contributed by atoms with Crippen molar-refractivity contribution in [2.24, 2.45) is 11.8 Å². The summed E-state index contributed by atoms with van der Waals surface area (Å²) in [5.41, 5.74) is 2.72. The van der Waals surface area contributed by atoms with Crippen molar-refractivity contribution in [3.63, 3.8) is 0 Å². The Morgan fingerprint density at radius 2 is 1.71 bits per heavy atom. The van der Waals surface area contributed by atoms with E-state index in [-0.39, 0.29) is 35.3 Å². The molecule has 0 aliphatic carbocycles. The van der Waals surface area contributed by atoms with E-state index < -0.39 is 6.04 Å². The zero-order chi connectivity index (χ0) is 26.6. The molecule has 8 nitrogen and oxygen atoms in total. The molecular weight excluding hydrogens is 480 g/mol. The maximum absolute atomic E-state index is 13.3. The van der Waals surface area contributed by atoms with Crippen molar-refractivity contribution in [3.05, 3.63) is 94.4 Å². The van der Waals surface area contributed by atoms with E-state index in [0.29, 0.717) is 37.7 Å². The smallest absolute Gasteiger partial charge is 0.318 e. The molecule has 3 atom stereocenters. The number of benzene rings is 2. The highest BCUT2D eigenvalue weighted by molar-refractivity contribution is 5.97. The van der Waals surface area contributed by atoms with E-state index in [9.17, 15) is 14.4 Å². The van der Waals surface area contributed by atoms with Crippen molar-refractivity contribution >= 4 is 17.6 Å². The number of hydrogen-bond acceptors (Lipinski definition) is 4. The molecule has 2 aromatic carbocycles. The second kappa shape index (κ2) is 11.1. The molecule has 3 amide bonds. The van der Waals surface area contributed by atoms with Crippen LogP contribution in [-0.2, 0) is 17.9 Å². The Hall–Kier alpha value is -4.07. The monoisotopic (exact) mass is 514 g/mol. The molecule has 0 saturated carbocycles. The van der Waals surface area contributed by atoms with Crippen molar-refractivity contribution in [2.45, 2.75) is 45.4 Å². The van der Waals surface area contributed by atoms with Crippen LogP contribution in [0.2, 0.25) is 0 Å². The number of amides is 3. The van der Waals surface area contributed by atoms with E-state index >= 15 is 0 Å². The number of nitrogens with one attached hydrogen (secondary N) is 2. The molecule has 198 valence electrons. The molecule has 0 spiro atoms. The lowest BCUT2D eigenvalue weighted by atomic mass is 9.83. The predicted octanol–water partition coefficient (Wildman–Crippen LogP) is 4.22. The number of rotatable bonds is 7. The van der Waals surface area contributed by atoms with Gasteiger partial charge in [-0.2, -0.15) is 0 Å². The summed E-state index contributed by atoms with van der Waals surface area (Å²) in [5.74, 6) is 0.689. The molecule has 3 aromatic rings. The van der Waals surface area contributed by atoms with Crippen LogP contribution >= 0.6 is 0 Å². The zero-order valence-corrected chi connectivity index (χ0v) is 21.8. The standard InChI is InChI=1S/C30H34N4O4/c1-20(2)28(29(36)31-24-11-13-25(14-12-24)38-19-21-7-4-3-5-8-21)32-30(37)33-16-22-15-23(18-33)26-9-6-10-27(35)34(26)17-22/h3-14,20,22-23,28H,15-19H2,1-2H3,(H,31,36)(H,32,37)/t22-,23+,28+/m1/s1. The van der Waals surface area contributed by atoms with Gasteiger partial charge in [-0.25, -0.2) is 4.79 Å². The second-order valence-corrected chi connectivity index (χ2v) is 10.6. The molecule has 8 heteroatoms. The van der Waals surface area contributed by atoms with Gasteiger partial charge in [-0.1, -0.05) is 50.2 Å². The van der Waals surface area contributed by atoms with E-state index in [1.54, 1.807) is 29.2 Å². The van der Waals surface area contributed by atoms with Crippen LogP contribution in [-0.4, -0.2) is 40.5 Å². The molecule has 5 rings (SSSR count). The topological polar surface area (TPSA) is 92.7 Å². The van der Waals surface area contributed by atoms with Gasteiger partial charge in [-0.05, 0) is 54.2 Å². The Kier molecular flexibility index (Phi) is 7.49. The summed E-state index contributed by atoms with van der Waals surface area (Å²) < 4.78 is 7.67. The van der Waals surface area contributed by atoms with Crippen LogP contribution in [0.4, 0.5) is 10.5 Å². The summed E-state index contributed by atoms with van der Waals surface area (Å²) in [5, 5.41) is 5.89. The highest BCUT2D eigenvalue weighted by Crippen LogP contribution is 2.35. The first-order chi connectivity index (χ1) is 18.4. The molecule has 0 unspecified atom stereocenters. The number of pyridine rings is 1. The van der Waals surface area contributed by atoms with Gasteiger partial charge >= 0.3 is 6.03 Å². The van der Waals surface area contributed by atoms with Crippen molar-refractivity contribution in [2.75, 3.05) is 18.4 Å². The first-order valence-electron chi connectivity index (χ1n) is 13.2. The molecule has 1 fully saturated rings. The van der Waals surface area contributed by atoms with Gasteiger partial charge in [-0.15, -0.1) is 0 Å². The average Bonchev–Trinajstić information content (AvgIpc) is 2.92. The Balaban J connectivity index is 1.18. The predicted molar refractivity (Wildman–Crippen MR) is 146 cm³/mol. The number of ether oxygens (including phenoxy) is 1. The Bertz CT molecular complexity index is 1340. The summed E-state index contributed by atoms with van der Waals surface area (Å²) in [6.45, 7) is 6.02. The number of carbonyl (C=O) groups is 2. The molecule has 38 heavy (non-hydrogen) atoms. The number of hydrogen-bond donors (Lipinski definition) is 2. The Labute approximate surface area is 222 Å². The van der Waals surface area contributed by atoms with E-state index in [4.69, 9.17) is 4.74 Å². The Morgan fingerprint density at radius 3 is 2.45 bits per heavy atom. The van der Waals surface area contributed by atoms with Gasteiger partial charge < -0.3 is 24.8 Å². The van der Waals surface area contributed by atoms with Crippen LogP contribution in [0.15, 0.2) is 77.6 Å². The third-order valence-corrected chi connectivity index (χ3v) is 7.37. The van der Waals surface area contributed by atoms with Crippen LogP contribution < -0.4 is 20.9 Å². The zero-order valence-electron chi connectivity index (χ0n) is 21.8. The quantitative estimate of drug-likeness (QED) is 0.494. The molecule has 3 heterocycles. The first kappa shape index (κ1) is 25.6. The number of piperidine rings is 1. The maximum Gasteiger partial charge on any atom is 0.318 e. The lowest BCUT2D eigenvalue weighted by molar-refractivity contribution is -0.118. The van der Waals surface area contributed by atoms with Crippen molar-refractivity contribution in [1.29, 1.82) is 0 Å². The minimum absolute atomic E-state index is 0.0161. The van der Waals surface area contributed by atoms with Gasteiger partial charge in [0, 0.05) is 43.0 Å². The lowest BCUT2D eigenvalue weighted by Crippen LogP contribution is -2.56. The van der Waals surface area contributed by atoms with Crippen LogP contribution in [0, 0.1) is 11.8 Å². The molecule has 2 bridgehead atoms. The fourth-order valence-corrected chi connectivity index (χ4v) is 5.42. The maximum atomic E-state index is 13.3. The Morgan fingerprint density at radius 1 is 0.947 bits per heavy atom. The number of likely N-dealkylation sites (tertiary alicyclic amines) is 1. The largest absolute Gasteiger partial charge is 0.489 e. The normalized spacial score (nSPS) is 18.9. The molecule has 2 aliphatic heterocycles. The third kappa shape index (κ3) is 5.74. The van der Waals surface area contributed by atoms with Gasteiger partial charge in [-0.3, -0.25) is 9.59 Å². The number of urea groups is 1. The van der Waals surface area contributed by atoms with E-state index in [0.717, 1.165) is 17.7 Å². The minimum atomic E-state index is -0.687.